The average molecular weight is 560 g/mol. The molecular weight excluding hydrogens is 539 g/mol. The van der Waals surface area contributed by atoms with Crippen molar-refractivity contribution in [2.45, 2.75) is 26.6 Å². The molecule has 0 saturated carbocycles. The average Bonchev–Trinajstić information content (AvgIpc) is 2.78. The summed E-state index contributed by atoms with van der Waals surface area (Å²) in [5.41, 5.74) is 2.04. The van der Waals surface area contributed by atoms with Crippen molar-refractivity contribution < 1.29 is 14.3 Å². The summed E-state index contributed by atoms with van der Waals surface area (Å²) in [5, 5.41) is 13.2. The van der Waals surface area contributed by atoms with Gasteiger partial charge in [-0.1, -0.05) is 41.4 Å². The van der Waals surface area contributed by atoms with Crippen LogP contribution in [-0.4, -0.2) is 12.0 Å². The minimum atomic E-state index is -0.514. The first-order valence-electron chi connectivity index (χ1n) is 10.3. The second-order valence-electron chi connectivity index (χ2n) is 7.55. The normalized spacial score (nSPS) is 11.1. The number of nitriles is 1. The van der Waals surface area contributed by atoms with E-state index in [9.17, 15) is 10.1 Å². The molecule has 0 aliphatic carbocycles. The van der Waals surface area contributed by atoms with Crippen molar-refractivity contribution >= 4 is 56.8 Å². The summed E-state index contributed by atoms with van der Waals surface area (Å²) in [7, 11) is 0. The van der Waals surface area contributed by atoms with Crippen LogP contribution in [0.5, 0.6) is 11.5 Å². The molecule has 8 heteroatoms. The minimum absolute atomic E-state index is 0.00917. The number of nitrogens with one attached hydrogen (secondary N) is 1. The van der Waals surface area contributed by atoms with E-state index < -0.39 is 5.91 Å². The zero-order chi connectivity index (χ0) is 24.7. The first kappa shape index (κ1) is 25.6. The maximum atomic E-state index is 12.6. The van der Waals surface area contributed by atoms with Crippen molar-refractivity contribution in [1.82, 2.24) is 0 Å². The number of hydrogen-bond donors (Lipinski definition) is 1. The second-order valence-corrected chi connectivity index (χ2v) is 9.21. The Labute approximate surface area is 217 Å². The maximum absolute atomic E-state index is 12.6. The molecule has 3 rings (SSSR count). The highest BCUT2D eigenvalue weighted by Gasteiger charge is 2.12. The molecule has 0 bridgehead atoms. The van der Waals surface area contributed by atoms with Gasteiger partial charge in [0, 0.05) is 11.8 Å². The molecule has 0 aromatic heterocycles. The van der Waals surface area contributed by atoms with Gasteiger partial charge in [-0.2, -0.15) is 5.26 Å². The summed E-state index contributed by atoms with van der Waals surface area (Å²) in [6.45, 7) is 4.14. The Balaban J connectivity index is 1.69. The highest BCUT2D eigenvalue weighted by molar-refractivity contribution is 9.10. The van der Waals surface area contributed by atoms with Crippen LogP contribution in [0.1, 0.15) is 25.0 Å². The van der Waals surface area contributed by atoms with E-state index in [0.29, 0.717) is 43.9 Å². The van der Waals surface area contributed by atoms with Gasteiger partial charge in [0.2, 0.25) is 0 Å². The molecule has 1 amide bonds. The molecule has 0 unspecified atom stereocenters. The largest absolute Gasteiger partial charge is 0.491 e. The molecular formula is C26H21BrCl2N2O3. The van der Waals surface area contributed by atoms with E-state index in [1.807, 2.05) is 26.0 Å². The van der Waals surface area contributed by atoms with Gasteiger partial charge in [-0.3, -0.25) is 4.79 Å². The fraction of sp³-hybridized carbons (Fsp3) is 0.154. The molecule has 0 heterocycles. The number of hydrogen-bond acceptors (Lipinski definition) is 4. The Bertz CT molecular complexity index is 1270. The van der Waals surface area contributed by atoms with E-state index in [1.54, 1.807) is 54.6 Å². The van der Waals surface area contributed by atoms with Crippen molar-refractivity contribution in [2.24, 2.45) is 0 Å². The molecule has 0 atom stereocenters. The van der Waals surface area contributed by atoms with Gasteiger partial charge >= 0.3 is 0 Å². The minimum Gasteiger partial charge on any atom is -0.491 e. The highest BCUT2D eigenvalue weighted by Crippen LogP contribution is 2.29. The Kier molecular flexibility index (Phi) is 9.00. The molecule has 3 aromatic carbocycles. The van der Waals surface area contributed by atoms with Gasteiger partial charge < -0.3 is 14.8 Å². The third-order valence-electron chi connectivity index (χ3n) is 4.47. The molecule has 0 aliphatic heterocycles. The van der Waals surface area contributed by atoms with E-state index in [-0.39, 0.29) is 11.7 Å². The van der Waals surface area contributed by atoms with Crippen molar-refractivity contribution in [2.75, 3.05) is 5.32 Å². The van der Waals surface area contributed by atoms with Gasteiger partial charge in [-0.05, 0) is 83.4 Å². The number of ether oxygens (including phenoxy) is 2. The van der Waals surface area contributed by atoms with Crippen LogP contribution in [0.15, 0.2) is 70.7 Å². The van der Waals surface area contributed by atoms with Crippen LogP contribution in [0.3, 0.4) is 0 Å². The molecule has 1 N–H and O–H groups in total. The van der Waals surface area contributed by atoms with Gasteiger partial charge in [0.25, 0.3) is 5.91 Å². The van der Waals surface area contributed by atoms with E-state index in [4.69, 9.17) is 32.7 Å². The molecule has 0 fully saturated rings. The summed E-state index contributed by atoms with van der Waals surface area (Å²) in [4.78, 5) is 12.6. The third kappa shape index (κ3) is 7.26. The van der Waals surface area contributed by atoms with Crippen LogP contribution in [-0.2, 0) is 11.4 Å². The van der Waals surface area contributed by atoms with E-state index in [1.165, 1.54) is 6.08 Å². The van der Waals surface area contributed by atoms with Crippen molar-refractivity contribution in [3.63, 3.8) is 0 Å². The monoisotopic (exact) mass is 558 g/mol. The quantitative estimate of drug-likeness (QED) is 0.227. The van der Waals surface area contributed by atoms with E-state index >= 15 is 0 Å². The summed E-state index contributed by atoms with van der Waals surface area (Å²) in [6.07, 6.45) is 1.52. The van der Waals surface area contributed by atoms with Crippen molar-refractivity contribution in [3.05, 3.63) is 91.9 Å². The summed E-state index contributed by atoms with van der Waals surface area (Å²) < 4.78 is 12.2. The summed E-state index contributed by atoms with van der Waals surface area (Å²) in [6, 6.07) is 19.6. The Hall–Kier alpha value is -2.98. The molecule has 3 aromatic rings. The Morgan fingerprint density at radius 3 is 2.59 bits per heavy atom. The lowest BCUT2D eigenvalue weighted by atomic mass is 10.1. The molecule has 0 radical (unpaired) electrons. The summed E-state index contributed by atoms with van der Waals surface area (Å²) >= 11 is 15.5. The van der Waals surface area contributed by atoms with Crippen molar-refractivity contribution in [1.29, 1.82) is 5.26 Å². The Morgan fingerprint density at radius 2 is 1.91 bits per heavy atom. The second kappa shape index (κ2) is 11.9. The molecule has 0 aliphatic rings. The SMILES string of the molecule is CC(C)Oc1cccc(NC(=O)/C(C#N)=C\c2ccc(OCc3ccc(Cl)c(Cl)c3)c(Br)c2)c1. The third-order valence-corrected chi connectivity index (χ3v) is 5.83. The first-order valence-corrected chi connectivity index (χ1v) is 11.9. The Morgan fingerprint density at radius 1 is 1.12 bits per heavy atom. The lowest BCUT2D eigenvalue weighted by molar-refractivity contribution is -0.112. The number of carbonyl (C=O) groups excluding carboxylic acids is 1. The van der Waals surface area contributed by atoms with Crippen LogP contribution in [0.25, 0.3) is 6.08 Å². The standard InChI is InChI=1S/C26H21BrCl2N2O3/c1-16(2)34-21-5-3-4-20(13-21)31-26(32)19(14-30)10-17-7-9-25(22(27)11-17)33-15-18-6-8-23(28)24(29)12-18/h3-13,16H,15H2,1-2H3,(H,31,32)/b19-10-. The molecule has 0 spiro atoms. The van der Waals surface area contributed by atoms with Gasteiger partial charge in [0.1, 0.15) is 29.7 Å². The number of rotatable bonds is 8. The molecule has 34 heavy (non-hydrogen) atoms. The molecule has 5 nitrogen and oxygen atoms in total. The predicted molar refractivity (Wildman–Crippen MR) is 139 cm³/mol. The van der Waals surface area contributed by atoms with Crippen LogP contribution in [0, 0.1) is 11.3 Å². The number of carbonyl (C=O) groups is 1. The molecule has 0 saturated heterocycles. The number of benzene rings is 3. The fourth-order valence-corrected chi connectivity index (χ4v) is 3.78. The van der Waals surface area contributed by atoms with Crippen LogP contribution < -0.4 is 14.8 Å². The number of halogens is 3. The summed E-state index contributed by atoms with van der Waals surface area (Å²) in [5.74, 6) is 0.726. The lowest BCUT2D eigenvalue weighted by Crippen LogP contribution is -2.13. The molecule has 174 valence electrons. The topological polar surface area (TPSA) is 71.3 Å². The van der Waals surface area contributed by atoms with Gasteiger partial charge in [-0.25, -0.2) is 0 Å². The van der Waals surface area contributed by atoms with E-state index in [2.05, 4.69) is 21.2 Å². The highest BCUT2D eigenvalue weighted by atomic mass is 79.9. The number of amides is 1. The fourth-order valence-electron chi connectivity index (χ4n) is 2.95. The van der Waals surface area contributed by atoms with Gasteiger partial charge in [-0.15, -0.1) is 0 Å². The lowest BCUT2D eigenvalue weighted by Gasteiger charge is -2.11. The number of nitrogens with zero attached hydrogens (tertiary/aromatic N) is 1. The zero-order valence-corrected chi connectivity index (χ0v) is 21.5. The first-order chi connectivity index (χ1) is 16.2. The van der Waals surface area contributed by atoms with Crippen molar-refractivity contribution in [3.8, 4) is 17.6 Å². The smallest absolute Gasteiger partial charge is 0.266 e. The van der Waals surface area contributed by atoms with Crippen LogP contribution >= 0.6 is 39.1 Å². The number of anilines is 1. The maximum Gasteiger partial charge on any atom is 0.266 e. The van der Waals surface area contributed by atoms with Crippen LogP contribution in [0.4, 0.5) is 5.69 Å². The van der Waals surface area contributed by atoms with Gasteiger partial charge in [0.05, 0.1) is 20.6 Å². The van der Waals surface area contributed by atoms with E-state index in [0.717, 1.165) is 5.56 Å². The predicted octanol–water partition coefficient (Wildman–Crippen LogP) is 7.67. The van der Waals surface area contributed by atoms with Gasteiger partial charge in [0.15, 0.2) is 0 Å². The van der Waals surface area contributed by atoms with Crippen LogP contribution in [0.2, 0.25) is 10.0 Å². The zero-order valence-electron chi connectivity index (χ0n) is 18.4.